The summed E-state index contributed by atoms with van der Waals surface area (Å²) in [5.74, 6) is -0.0540. The quantitative estimate of drug-likeness (QED) is 0.246. The van der Waals surface area contributed by atoms with Gasteiger partial charge in [-0.25, -0.2) is 0 Å². The predicted molar refractivity (Wildman–Crippen MR) is 162 cm³/mol. The monoisotopic (exact) mass is 557 g/mol. The second-order valence-corrected chi connectivity index (χ2v) is 10.8. The van der Waals surface area contributed by atoms with Gasteiger partial charge in [-0.15, -0.1) is 0 Å². The average Bonchev–Trinajstić information content (AvgIpc) is 3.40. The molecule has 0 saturated carbocycles. The van der Waals surface area contributed by atoms with Crippen molar-refractivity contribution in [2.24, 2.45) is 0 Å². The van der Waals surface area contributed by atoms with E-state index in [0.29, 0.717) is 18.1 Å². The van der Waals surface area contributed by atoms with Crippen LogP contribution in [0.25, 0.3) is 5.69 Å². The number of rotatable bonds is 7. The molecule has 4 aromatic rings. The largest absolute Gasteiger partial charge is 0.352 e. The summed E-state index contributed by atoms with van der Waals surface area (Å²) in [7, 11) is 0. The van der Waals surface area contributed by atoms with Crippen LogP contribution in [0.5, 0.6) is 0 Å². The van der Waals surface area contributed by atoms with E-state index in [4.69, 9.17) is 23.8 Å². The Morgan fingerprint density at radius 3 is 2.54 bits per heavy atom. The maximum Gasteiger partial charge on any atom is 0.226 e. The van der Waals surface area contributed by atoms with Gasteiger partial charge >= 0.3 is 0 Å². The lowest BCUT2D eigenvalue weighted by atomic mass is 9.96. The number of nitrogens with one attached hydrogen (secondary N) is 2. The molecule has 5 rings (SSSR count). The Labute approximate surface area is 240 Å². The van der Waals surface area contributed by atoms with E-state index in [1.807, 2.05) is 68.4 Å². The fraction of sp³-hybridized carbons (Fsp3) is 0.258. The van der Waals surface area contributed by atoms with Crippen LogP contribution in [-0.4, -0.2) is 32.0 Å². The van der Waals surface area contributed by atoms with Crippen LogP contribution in [0.4, 0.5) is 5.69 Å². The van der Waals surface area contributed by atoms with E-state index in [1.54, 1.807) is 6.20 Å². The minimum absolute atomic E-state index is 0.0540. The van der Waals surface area contributed by atoms with Crippen molar-refractivity contribution in [1.82, 2.24) is 19.8 Å². The smallest absolute Gasteiger partial charge is 0.226 e. The molecule has 1 aliphatic heterocycles. The fourth-order valence-electron chi connectivity index (χ4n) is 5.36. The van der Waals surface area contributed by atoms with Gasteiger partial charge < -0.3 is 20.1 Å². The average molecular weight is 558 g/mol. The highest BCUT2D eigenvalue weighted by Crippen LogP contribution is 2.42. The summed E-state index contributed by atoms with van der Waals surface area (Å²) < 4.78 is 2.25. The number of carbonyl (C=O) groups excluding carboxylic acids is 1. The topological polar surface area (TPSA) is 62.2 Å². The molecule has 2 atom stereocenters. The molecular weight excluding hydrogens is 526 g/mol. The number of amides is 1. The van der Waals surface area contributed by atoms with Gasteiger partial charge in [0.05, 0.1) is 17.8 Å². The number of hydrogen-bond donors (Lipinski definition) is 2. The summed E-state index contributed by atoms with van der Waals surface area (Å²) >= 11 is 12.3. The third-order valence-corrected chi connectivity index (χ3v) is 8.14. The van der Waals surface area contributed by atoms with Gasteiger partial charge in [0.15, 0.2) is 5.11 Å². The maximum absolute atomic E-state index is 12.9. The van der Waals surface area contributed by atoms with Gasteiger partial charge in [0.1, 0.15) is 0 Å². The molecule has 0 radical (unpaired) electrons. The van der Waals surface area contributed by atoms with Crippen LogP contribution in [0.1, 0.15) is 52.3 Å². The van der Waals surface area contributed by atoms with E-state index in [1.165, 1.54) is 0 Å². The Balaban J connectivity index is 1.48. The Hall–Kier alpha value is -3.68. The van der Waals surface area contributed by atoms with Crippen LogP contribution in [0.3, 0.4) is 0 Å². The van der Waals surface area contributed by atoms with Gasteiger partial charge in [-0.05, 0) is 93.5 Å². The fourth-order valence-corrected chi connectivity index (χ4v) is 5.86. The molecule has 200 valence electrons. The zero-order valence-electron chi connectivity index (χ0n) is 22.5. The highest BCUT2D eigenvalue weighted by molar-refractivity contribution is 7.80. The number of halogens is 1. The van der Waals surface area contributed by atoms with Crippen LogP contribution >= 0.6 is 23.8 Å². The number of pyridine rings is 1. The van der Waals surface area contributed by atoms with Crippen molar-refractivity contribution in [3.63, 3.8) is 0 Å². The first kappa shape index (κ1) is 26.9. The minimum Gasteiger partial charge on any atom is -0.352 e. The van der Waals surface area contributed by atoms with Crippen molar-refractivity contribution in [3.05, 3.63) is 112 Å². The molecule has 0 spiro atoms. The second kappa shape index (κ2) is 11.2. The standard InChI is InChI=1S/C31H32ClN5OS/c1-19-11-13-23(14-12-19)34-28(38)15-17-36-30(29(35-31(36)39)26-9-5-6-16-33-26)24-18-20(2)37(22(24)4)27-10-7-8-25(32)21(27)3/h5-14,16,18,29-30H,15,17H2,1-4H3,(H,34,38)(H,35,39)/t29-,30-/m0/s1. The number of benzene rings is 2. The van der Waals surface area contributed by atoms with Gasteiger partial charge in [0.2, 0.25) is 5.91 Å². The zero-order valence-corrected chi connectivity index (χ0v) is 24.1. The molecule has 3 heterocycles. The summed E-state index contributed by atoms with van der Waals surface area (Å²) in [6.45, 7) is 8.76. The number of carbonyl (C=O) groups is 1. The van der Waals surface area contributed by atoms with Crippen LogP contribution in [0, 0.1) is 27.7 Å². The Kier molecular flexibility index (Phi) is 7.73. The second-order valence-electron chi connectivity index (χ2n) is 10.0. The van der Waals surface area contributed by atoms with Crippen molar-refractivity contribution in [3.8, 4) is 5.69 Å². The third kappa shape index (κ3) is 5.42. The van der Waals surface area contributed by atoms with Gasteiger partial charge in [0.25, 0.3) is 0 Å². The molecule has 0 bridgehead atoms. The first-order valence-electron chi connectivity index (χ1n) is 13.0. The van der Waals surface area contributed by atoms with Crippen LogP contribution in [-0.2, 0) is 4.79 Å². The number of anilines is 1. The minimum atomic E-state index is -0.159. The van der Waals surface area contributed by atoms with Crippen LogP contribution in [0.2, 0.25) is 5.02 Å². The first-order chi connectivity index (χ1) is 18.7. The highest BCUT2D eigenvalue weighted by Gasteiger charge is 2.41. The molecule has 1 aliphatic rings. The predicted octanol–water partition coefficient (Wildman–Crippen LogP) is 6.76. The summed E-state index contributed by atoms with van der Waals surface area (Å²) in [5.41, 5.74) is 8.25. The summed E-state index contributed by atoms with van der Waals surface area (Å²) in [6, 6.07) is 21.6. The molecule has 1 fully saturated rings. The number of thiocarbonyl (C=S) groups is 1. The van der Waals surface area contributed by atoms with E-state index < -0.39 is 0 Å². The van der Waals surface area contributed by atoms with E-state index in [9.17, 15) is 4.79 Å². The highest BCUT2D eigenvalue weighted by atomic mass is 35.5. The number of aromatic nitrogens is 2. The third-order valence-electron chi connectivity index (χ3n) is 7.38. The lowest BCUT2D eigenvalue weighted by Crippen LogP contribution is -2.32. The van der Waals surface area contributed by atoms with Crippen molar-refractivity contribution in [1.29, 1.82) is 0 Å². The van der Waals surface area contributed by atoms with Gasteiger partial charge in [-0.1, -0.05) is 41.4 Å². The maximum atomic E-state index is 12.9. The Morgan fingerprint density at radius 1 is 1.05 bits per heavy atom. The van der Waals surface area contributed by atoms with Gasteiger partial charge in [0, 0.05) is 46.9 Å². The van der Waals surface area contributed by atoms with Gasteiger partial charge in [-0.2, -0.15) is 0 Å². The normalized spacial score (nSPS) is 16.8. The number of hydrogen-bond acceptors (Lipinski definition) is 3. The van der Waals surface area contributed by atoms with Crippen molar-refractivity contribution in [2.75, 3.05) is 11.9 Å². The summed E-state index contributed by atoms with van der Waals surface area (Å²) in [5, 5.41) is 7.85. The number of nitrogens with zero attached hydrogens (tertiary/aromatic N) is 3. The van der Waals surface area contributed by atoms with E-state index in [2.05, 4.69) is 51.1 Å². The molecule has 6 nitrogen and oxygen atoms in total. The molecule has 1 amide bonds. The molecule has 0 aliphatic carbocycles. The SMILES string of the molecule is Cc1ccc(NC(=O)CCN2C(=S)N[C@@H](c3ccccn3)[C@@H]2c2cc(C)n(-c3cccc(Cl)c3C)c2C)cc1. The lowest BCUT2D eigenvalue weighted by Gasteiger charge is -2.28. The molecular formula is C31H32ClN5OS. The van der Waals surface area contributed by atoms with Crippen molar-refractivity contribution >= 4 is 40.5 Å². The van der Waals surface area contributed by atoms with Crippen molar-refractivity contribution in [2.45, 2.75) is 46.2 Å². The first-order valence-corrected chi connectivity index (χ1v) is 13.8. The lowest BCUT2D eigenvalue weighted by molar-refractivity contribution is -0.116. The van der Waals surface area contributed by atoms with Crippen LogP contribution < -0.4 is 10.6 Å². The summed E-state index contributed by atoms with van der Waals surface area (Å²) in [4.78, 5) is 19.7. The molecule has 39 heavy (non-hydrogen) atoms. The molecule has 8 heteroatoms. The molecule has 1 saturated heterocycles. The summed E-state index contributed by atoms with van der Waals surface area (Å²) in [6.07, 6.45) is 2.10. The number of aryl methyl sites for hydroxylation is 2. The van der Waals surface area contributed by atoms with Gasteiger partial charge in [-0.3, -0.25) is 9.78 Å². The molecule has 2 aromatic heterocycles. The molecule has 2 aromatic carbocycles. The van der Waals surface area contributed by atoms with E-state index in [0.717, 1.165) is 50.2 Å². The van der Waals surface area contributed by atoms with Crippen molar-refractivity contribution < 1.29 is 4.79 Å². The zero-order chi connectivity index (χ0) is 27.7. The Morgan fingerprint density at radius 2 is 1.82 bits per heavy atom. The molecule has 2 N–H and O–H groups in total. The Bertz CT molecular complexity index is 1520. The van der Waals surface area contributed by atoms with Crippen LogP contribution in [0.15, 0.2) is 72.9 Å². The molecule has 0 unspecified atom stereocenters. The van der Waals surface area contributed by atoms with E-state index >= 15 is 0 Å². The van der Waals surface area contributed by atoms with E-state index in [-0.39, 0.29) is 18.0 Å².